The summed E-state index contributed by atoms with van der Waals surface area (Å²) in [6, 6.07) is 3.54. The van der Waals surface area contributed by atoms with Crippen LogP contribution in [0.4, 0.5) is 0 Å². The van der Waals surface area contributed by atoms with Gasteiger partial charge in [0.05, 0.1) is 6.10 Å². The average molecular weight is 257 g/mol. The Morgan fingerprint density at radius 2 is 2.36 bits per heavy atom. The zero-order valence-electron chi connectivity index (χ0n) is 7.27. The lowest BCUT2D eigenvalue weighted by Crippen LogP contribution is -2.11. The predicted octanol–water partition coefficient (Wildman–Crippen LogP) is 1.58. The molecule has 14 heavy (non-hydrogen) atoms. The van der Waals surface area contributed by atoms with Gasteiger partial charge >= 0.3 is 0 Å². The van der Waals surface area contributed by atoms with E-state index in [0.717, 1.165) is 15.6 Å². The van der Waals surface area contributed by atoms with E-state index in [2.05, 4.69) is 20.9 Å². The summed E-state index contributed by atoms with van der Waals surface area (Å²) in [6.45, 7) is 0.182. The highest BCUT2D eigenvalue weighted by Gasteiger charge is 2.12. The van der Waals surface area contributed by atoms with Crippen molar-refractivity contribution in [3.8, 4) is 0 Å². The normalized spacial score (nSPS) is 13.4. The van der Waals surface area contributed by atoms with Gasteiger partial charge in [-0.2, -0.15) is 0 Å². The van der Waals surface area contributed by atoms with E-state index < -0.39 is 6.10 Å². The number of rotatable bonds is 2. The molecule has 1 atom stereocenters. The van der Waals surface area contributed by atoms with Gasteiger partial charge in [0.15, 0.2) is 12.0 Å². The predicted molar refractivity (Wildman–Crippen MR) is 55.7 cm³/mol. The van der Waals surface area contributed by atoms with Crippen molar-refractivity contribution in [2.45, 2.75) is 6.10 Å². The van der Waals surface area contributed by atoms with E-state index in [-0.39, 0.29) is 6.54 Å². The minimum Gasteiger partial charge on any atom is -0.443 e. The molecule has 1 heterocycles. The first kappa shape index (κ1) is 9.64. The lowest BCUT2D eigenvalue weighted by atomic mass is 10.1. The van der Waals surface area contributed by atoms with Crippen molar-refractivity contribution in [1.29, 1.82) is 0 Å². The second-order valence-electron chi connectivity index (χ2n) is 2.95. The highest BCUT2D eigenvalue weighted by molar-refractivity contribution is 9.10. The van der Waals surface area contributed by atoms with Gasteiger partial charge in [-0.1, -0.05) is 15.9 Å². The van der Waals surface area contributed by atoms with Crippen LogP contribution in [-0.4, -0.2) is 16.6 Å². The van der Waals surface area contributed by atoms with Crippen LogP contribution in [0.15, 0.2) is 27.4 Å². The molecule has 74 valence electrons. The van der Waals surface area contributed by atoms with Crippen LogP contribution in [0.5, 0.6) is 0 Å². The van der Waals surface area contributed by atoms with E-state index in [9.17, 15) is 5.11 Å². The first-order chi connectivity index (χ1) is 6.72. The van der Waals surface area contributed by atoms with Gasteiger partial charge in [-0.05, 0) is 17.7 Å². The van der Waals surface area contributed by atoms with Crippen molar-refractivity contribution in [1.82, 2.24) is 4.98 Å². The molecular weight excluding hydrogens is 248 g/mol. The third-order valence-corrected chi connectivity index (χ3v) is 2.72. The minimum atomic E-state index is -0.675. The summed E-state index contributed by atoms with van der Waals surface area (Å²) in [7, 11) is 0. The van der Waals surface area contributed by atoms with Crippen molar-refractivity contribution in [2.24, 2.45) is 5.73 Å². The zero-order chi connectivity index (χ0) is 10.1. The van der Waals surface area contributed by atoms with Crippen molar-refractivity contribution < 1.29 is 9.52 Å². The Kier molecular flexibility index (Phi) is 2.54. The van der Waals surface area contributed by atoms with Crippen LogP contribution < -0.4 is 5.73 Å². The summed E-state index contributed by atoms with van der Waals surface area (Å²) in [5.74, 6) is 0. The fraction of sp³-hybridized carbons (Fsp3) is 0.222. The smallest absolute Gasteiger partial charge is 0.181 e. The standard InChI is InChI=1S/C9H9BrN2O2/c10-6-2-9-7(12-4-14-9)1-5(6)8(13)3-11/h1-2,4,8,13H,3,11H2. The molecule has 0 saturated heterocycles. The van der Waals surface area contributed by atoms with Gasteiger partial charge in [0, 0.05) is 11.0 Å². The molecule has 4 nitrogen and oxygen atoms in total. The van der Waals surface area contributed by atoms with E-state index in [1.54, 1.807) is 12.1 Å². The molecule has 0 spiro atoms. The number of hydrogen-bond acceptors (Lipinski definition) is 4. The number of halogens is 1. The van der Waals surface area contributed by atoms with Crippen LogP contribution in [0.3, 0.4) is 0 Å². The van der Waals surface area contributed by atoms with Gasteiger partial charge in [0.1, 0.15) is 5.52 Å². The number of nitrogens with two attached hydrogens (primary N) is 1. The molecule has 0 aliphatic carbocycles. The number of benzene rings is 1. The Bertz CT molecular complexity index is 455. The van der Waals surface area contributed by atoms with Gasteiger partial charge < -0.3 is 15.3 Å². The Balaban J connectivity index is 2.58. The SMILES string of the molecule is NCC(O)c1cc2ncoc2cc1Br. The second kappa shape index (κ2) is 3.68. The van der Waals surface area contributed by atoms with Crippen LogP contribution in [0.1, 0.15) is 11.7 Å². The maximum atomic E-state index is 9.59. The van der Waals surface area contributed by atoms with Crippen molar-refractivity contribution in [2.75, 3.05) is 6.54 Å². The van der Waals surface area contributed by atoms with Gasteiger partial charge in [0.25, 0.3) is 0 Å². The summed E-state index contributed by atoms with van der Waals surface area (Å²) in [4.78, 5) is 4.00. The van der Waals surface area contributed by atoms with Crippen molar-refractivity contribution >= 4 is 27.0 Å². The highest BCUT2D eigenvalue weighted by Crippen LogP contribution is 2.27. The molecule has 1 unspecified atom stereocenters. The van der Waals surface area contributed by atoms with Crippen LogP contribution in [0.2, 0.25) is 0 Å². The average Bonchev–Trinajstić information content (AvgIpc) is 2.62. The summed E-state index contributed by atoms with van der Waals surface area (Å²) in [5.41, 5.74) is 7.51. The van der Waals surface area contributed by atoms with Crippen LogP contribution in [0, 0.1) is 0 Å². The molecule has 0 saturated carbocycles. The second-order valence-corrected chi connectivity index (χ2v) is 3.80. The Morgan fingerprint density at radius 1 is 1.57 bits per heavy atom. The van der Waals surface area contributed by atoms with Crippen LogP contribution in [-0.2, 0) is 0 Å². The summed E-state index contributed by atoms with van der Waals surface area (Å²) in [5, 5.41) is 9.59. The fourth-order valence-corrected chi connectivity index (χ4v) is 1.86. The molecule has 0 radical (unpaired) electrons. The van der Waals surface area contributed by atoms with E-state index in [0.29, 0.717) is 5.58 Å². The number of nitrogens with zero attached hydrogens (tertiary/aromatic N) is 1. The van der Waals surface area contributed by atoms with Gasteiger partial charge in [-0.3, -0.25) is 0 Å². The Hall–Kier alpha value is -0.910. The quantitative estimate of drug-likeness (QED) is 0.856. The van der Waals surface area contributed by atoms with Crippen molar-refractivity contribution in [3.05, 3.63) is 28.6 Å². The number of aromatic nitrogens is 1. The Morgan fingerprint density at radius 3 is 3.07 bits per heavy atom. The third-order valence-electron chi connectivity index (χ3n) is 2.03. The molecule has 2 aromatic rings. The van der Waals surface area contributed by atoms with Gasteiger partial charge in [-0.25, -0.2) is 4.98 Å². The van der Waals surface area contributed by atoms with Crippen molar-refractivity contribution in [3.63, 3.8) is 0 Å². The molecule has 5 heteroatoms. The number of aliphatic hydroxyl groups excluding tert-OH is 1. The molecule has 0 amide bonds. The zero-order valence-corrected chi connectivity index (χ0v) is 8.86. The minimum absolute atomic E-state index is 0.182. The summed E-state index contributed by atoms with van der Waals surface area (Å²) < 4.78 is 5.89. The number of aliphatic hydroxyl groups is 1. The lowest BCUT2D eigenvalue weighted by Gasteiger charge is -2.09. The molecule has 2 rings (SSSR count). The molecule has 1 aromatic carbocycles. The molecular formula is C9H9BrN2O2. The molecule has 0 fully saturated rings. The molecule has 0 aliphatic rings. The maximum Gasteiger partial charge on any atom is 0.181 e. The highest BCUT2D eigenvalue weighted by atomic mass is 79.9. The number of oxazole rings is 1. The van der Waals surface area contributed by atoms with Crippen LogP contribution in [0.25, 0.3) is 11.1 Å². The lowest BCUT2D eigenvalue weighted by molar-refractivity contribution is 0.186. The van der Waals surface area contributed by atoms with E-state index in [1.165, 1.54) is 6.39 Å². The fourth-order valence-electron chi connectivity index (χ4n) is 1.28. The first-order valence-corrected chi connectivity index (χ1v) is 4.92. The van der Waals surface area contributed by atoms with Gasteiger partial charge in [-0.15, -0.1) is 0 Å². The molecule has 1 aromatic heterocycles. The molecule has 3 N–H and O–H groups in total. The third kappa shape index (κ3) is 1.54. The Labute approximate surface area is 88.9 Å². The summed E-state index contributed by atoms with van der Waals surface area (Å²) >= 11 is 3.34. The first-order valence-electron chi connectivity index (χ1n) is 4.13. The topological polar surface area (TPSA) is 72.3 Å². The number of hydrogen-bond donors (Lipinski definition) is 2. The van der Waals surface area contributed by atoms with Crippen LogP contribution >= 0.6 is 15.9 Å². The maximum absolute atomic E-state index is 9.59. The monoisotopic (exact) mass is 256 g/mol. The molecule has 0 bridgehead atoms. The molecule has 0 aliphatic heterocycles. The van der Waals surface area contributed by atoms with E-state index in [4.69, 9.17) is 10.2 Å². The largest absolute Gasteiger partial charge is 0.443 e. The number of fused-ring (bicyclic) bond motifs is 1. The summed E-state index contributed by atoms with van der Waals surface area (Å²) in [6.07, 6.45) is 0.695. The van der Waals surface area contributed by atoms with Gasteiger partial charge in [0.2, 0.25) is 0 Å². The van der Waals surface area contributed by atoms with E-state index >= 15 is 0 Å². The van der Waals surface area contributed by atoms with E-state index in [1.807, 2.05) is 0 Å².